The van der Waals surface area contributed by atoms with Crippen molar-refractivity contribution >= 4 is 5.65 Å². The van der Waals surface area contributed by atoms with Gasteiger partial charge in [-0.05, 0) is 6.07 Å². The van der Waals surface area contributed by atoms with Crippen molar-refractivity contribution < 1.29 is 0 Å². The zero-order valence-electron chi connectivity index (χ0n) is 8.29. The number of hydrogen-bond donors (Lipinski definition) is 1. The molecular formula is C11H8N4O. The van der Waals surface area contributed by atoms with E-state index < -0.39 is 0 Å². The molecule has 0 unspecified atom stereocenters. The van der Waals surface area contributed by atoms with E-state index in [2.05, 4.69) is 15.3 Å². The van der Waals surface area contributed by atoms with E-state index >= 15 is 0 Å². The van der Waals surface area contributed by atoms with Crippen LogP contribution in [0.4, 0.5) is 0 Å². The molecule has 1 N–H and O–H groups in total. The fourth-order valence-corrected chi connectivity index (χ4v) is 1.59. The summed E-state index contributed by atoms with van der Waals surface area (Å²) < 4.78 is 1.58. The van der Waals surface area contributed by atoms with E-state index in [-0.39, 0.29) is 5.56 Å². The number of hydrogen-bond acceptors (Lipinski definition) is 3. The van der Waals surface area contributed by atoms with Gasteiger partial charge in [-0.25, -0.2) is 4.52 Å². The van der Waals surface area contributed by atoms with Crippen LogP contribution in [-0.2, 0) is 0 Å². The zero-order chi connectivity index (χ0) is 11.0. The van der Waals surface area contributed by atoms with Gasteiger partial charge in [0.05, 0.1) is 0 Å². The van der Waals surface area contributed by atoms with Gasteiger partial charge in [0.1, 0.15) is 0 Å². The molecule has 0 aliphatic carbocycles. The number of benzene rings is 1. The maximum absolute atomic E-state index is 11.2. The maximum atomic E-state index is 11.2. The molecule has 0 amide bonds. The Labute approximate surface area is 90.4 Å². The summed E-state index contributed by atoms with van der Waals surface area (Å²) >= 11 is 0. The highest BCUT2D eigenvalue weighted by molar-refractivity contribution is 5.58. The van der Waals surface area contributed by atoms with Crippen LogP contribution in [0, 0.1) is 0 Å². The molecule has 0 atom stereocenters. The molecule has 1 aromatic carbocycles. The second kappa shape index (κ2) is 3.30. The van der Waals surface area contributed by atoms with Crippen LogP contribution in [0.5, 0.6) is 0 Å². The van der Waals surface area contributed by atoms with Crippen LogP contribution < -0.4 is 5.56 Å². The molecule has 3 rings (SSSR count). The van der Waals surface area contributed by atoms with E-state index in [1.54, 1.807) is 10.6 Å². The normalized spacial score (nSPS) is 10.8. The van der Waals surface area contributed by atoms with E-state index in [1.807, 2.05) is 30.3 Å². The zero-order valence-corrected chi connectivity index (χ0v) is 8.29. The lowest BCUT2D eigenvalue weighted by molar-refractivity contribution is 0.905. The van der Waals surface area contributed by atoms with Crippen molar-refractivity contribution in [1.82, 2.24) is 19.8 Å². The standard InChI is InChI=1S/C11H8N4O/c16-10-7-6-9-12-13-11(15(9)14-10)8-4-2-1-3-5-8/h1-7H,(H,14,16). The predicted octanol–water partition coefficient (Wildman–Crippen LogP) is 1.08. The third kappa shape index (κ3) is 1.30. The average Bonchev–Trinajstić information content (AvgIpc) is 2.73. The number of nitrogens with zero attached hydrogens (tertiary/aromatic N) is 3. The first kappa shape index (κ1) is 8.84. The molecule has 0 bridgehead atoms. The summed E-state index contributed by atoms with van der Waals surface area (Å²) in [7, 11) is 0. The Balaban J connectivity index is 2.33. The van der Waals surface area contributed by atoms with Gasteiger partial charge in [0, 0.05) is 11.6 Å². The summed E-state index contributed by atoms with van der Waals surface area (Å²) in [5.74, 6) is 0.633. The molecule has 0 aliphatic rings. The molecule has 16 heavy (non-hydrogen) atoms. The maximum Gasteiger partial charge on any atom is 0.263 e. The van der Waals surface area contributed by atoms with Crippen LogP contribution in [0.15, 0.2) is 47.3 Å². The molecule has 2 aromatic heterocycles. The van der Waals surface area contributed by atoms with Crippen LogP contribution in [-0.4, -0.2) is 19.8 Å². The third-order valence-corrected chi connectivity index (χ3v) is 2.33. The predicted molar refractivity (Wildman–Crippen MR) is 59.0 cm³/mol. The monoisotopic (exact) mass is 212 g/mol. The average molecular weight is 212 g/mol. The first-order valence-electron chi connectivity index (χ1n) is 4.84. The van der Waals surface area contributed by atoms with E-state index in [4.69, 9.17) is 0 Å². The van der Waals surface area contributed by atoms with Gasteiger partial charge in [-0.1, -0.05) is 30.3 Å². The molecule has 3 aromatic rings. The summed E-state index contributed by atoms with van der Waals surface area (Å²) in [6.45, 7) is 0. The quantitative estimate of drug-likeness (QED) is 0.656. The lowest BCUT2D eigenvalue weighted by Gasteiger charge is -1.98. The van der Waals surface area contributed by atoms with E-state index in [1.165, 1.54) is 6.07 Å². The van der Waals surface area contributed by atoms with E-state index in [9.17, 15) is 4.79 Å². The summed E-state index contributed by atoms with van der Waals surface area (Å²) in [6.07, 6.45) is 0. The van der Waals surface area contributed by atoms with Crippen molar-refractivity contribution in [3.8, 4) is 11.4 Å². The molecule has 5 nitrogen and oxygen atoms in total. The first-order valence-corrected chi connectivity index (χ1v) is 4.84. The van der Waals surface area contributed by atoms with Crippen LogP contribution in [0.1, 0.15) is 0 Å². The molecule has 0 aliphatic heterocycles. The molecule has 2 heterocycles. The van der Waals surface area contributed by atoms with E-state index in [0.29, 0.717) is 11.5 Å². The Bertz CT molecular complexity index is 684. The molecular weight excluding hydrogens is 204 g/mol. The third-order valence-electron chi connectivity index (χ3n) is 2.33. The fraction of sp³-hybridized carbons (Fsp3) is 0. The van der Waals surface area contributed by atoms with Crippen LogP contribution >= 0.6 is 0 Å². The van der Waals surface area contributed by atoms with Gasteiger partial charge in [-0.3, -0.25) is 9.89 Å². The number of nitrogens with one attached hydrogen (secondary N) is 1. The molecule has 5 heteroatoms. The number of rotatable bonds is 1. The number of aromatic amines is 1. The summed E-state index contributed by atoms with van der Waals surface area (Å²) in [4.78, 5) is 11.2. The van der Waals surface area contributed by atoms with Crippen molar-refractivity contribution in [1.29, 1.82) is 0 Å². The Hall–Kier alpha value is -2.43. The van der Waals surface area contributed by atoms with Crippen LogP contribution in [0.25, 0.3) is 17.0 Å². The number of aromatic nitrogens is 4. The molecule has 0 fully saturated rings. The van der Waals surface area contributed by atoms with Gasteiger partial charge < -0.3 is 0 Å². The fourth-order valence-electron chi connectivity index (χ4n) is 1.59. The minimum Gasteiger partial charge on any atom is -0.268 e. The SMILES string of the molecule is O=c1ccc2nnc(-c3ccccc3)n2[nH]1. The first-order chi connectivity index (χ1) is 7.84. The largest absolute Gasteiger partial charge is 0.268 e. The Morgan fingerprint density at radius 2 is 1.81 bits per heavy atom. The van der Waals surface area contributed by atoms with Gasteiger partial charge in [0.15, 0.2) is 11.5 Å². The van der Waals surface area contributed by atoms with Crippen LogP contribution in [0.3, 0.4) is 0 Å². The Morgan fingerprint density at radius 3 is 2.62 bits per heavy atom. The van der Waals surface area contributed by atoms with E-state index in [0.717, 1.165) is 5.56 Å². The van der Waals surface area contributed by atoms with Gasteiger partial charge >= 0.3 is 0 Å². The number of fused-ring (bicyclic) bond motifs is 1. The van der Waals surface area contributed by atoms with Gasteiger partial charge in [-0.2, -0.15) is 0 Å². The lowest BCUT2D eigenvalue weighted by atomic mass is 10.2. The lowest BCUT2D eigenvalue weighted by Crippen LogP contribution is -2.09. The van der Waals surface area contributed by atoms with Crippen molar-refractivity contribution in [2.24, 2.45) is 0 Å². The summed E-state index contributed by atoms with van der Waals surface area (Å²) in [6, 6.07) is 12.7. The molecule has 0 spiro atoms. The van der Waals surface area contributed by atoms with Crippen molar-refractivity contribution in [2.75, 3.05) is 0 Å². The molecule has 78 valence electrons. The van der Waals surface area contributed by atoms with Gasteiger partial charge in [0.2, 0.25) is 0 Å². The van der Waals surface area contributed by atoms with Crippen molar-refractivity contribution in [2.45, 2.75) is 0 Å². The highest BCUT2D eigenvalue weighted by Gasteiger charge is 2.07. The second-order valence-electron chi connectivity index (χ2n) is 3.39. The van der Waals surface area contributed by atoms with Crippen LogP contribution in [0.2, 0.25) is 0 Å². The minimum absolute atomic E-state index is 0.176. The Kier molecular flexibility index (Phi) is 1.83. The van der Waals surface area contributed by atoms with Gasteiger partial charge in [0.25, 0.3) is 5.56 Å². The summed E-state index contributed by atoms with van der Waals surface area (Å²) in [5.41, 5.74) is 1.36. The number of H-pyrrole nitrogens is 1. The molecule has 0 radical (unpaired) electrons. The molecule has 0 saturated heterocycles. The molecule has 0 saturated carbocycles. The minimum atomic E-state index is -0.176. The Morgan fingerprint density at radius 1 is 1.00 bits per heavy atom. The topological polar surface area (TPSA) is 63.1 Å². The highest BCUT2D eigenvalue weighted by Crippen LogP contribution is 2.15. The smallest absolute Gasteiger partial charge is 0.263 e. The van der Waals surface area contributed by atoms with Gasteiger partial charge in [-0.15, -0.1) is 10.2 Å². The van der Waals surface area contributed by atoms with Crippen molar-refractivity contribution in [3.05, 3.63) is 52.8 Å². The summed E-state index contributed by atoms with van der Waals surface area (Å²) in [5, 5.41) is 10.7. The van der Waals surface area contributed by atoms with Crippen molar-refractivity contribution in [3.63, 3.8) is 0 Å². The second-order valence-corrected chi connectivity index (χ2v) is 3.39. The highest BCUT2D eigenvalue weighted by atomic mass is 16.1.